The van der Waals surface area contributed by atoms with Crippen molar-refractivity contribution in [2.45, 2.75) is 17.1 Å². The van der Waals surface area contributed by atoms with Gasteiger partial charge in [-0.1, -0.05) is 27.5 Å². The van der Waals surface area contributed by atoms with Gasteiger partial charge in [-0.15, -0.1) is 23.1 Å². The lowest BCUT2D eigenvalue weighted by Crippen LogP contribution is -2.11. The molecule has 1 nitrogen and oxygen atoms in total. The SMILES string of the molecule is CC(Sc1ccc(Br)cc1)C(=O)c1ccc(Cl)s1. The largest absolute Gasteiger partial charge is 0.292 e. The molecule has 0 spiro atoms. The molecule has 0 saturated heterocycles. The number of carbonyl (C=O) groups excluding carboxylic acids is 1. The Balaban J connectivity index is 2.05. The van der Waals surface area contributed by atoms with Crippen molar-refractivity contribution in [1.29, 1.82) is 0 Å². The number of Topliss-reactive ketones (excluding diaryl/α,β-unsaturated/α-hetero) is 1. The second-order valence-electron chi connectivity index (χ2n) is 3.68. The Labute approximate surface area is 128 Å². The Morgan fingerprint density at radius 3 is 2.50 bits per heavy atom. The van der Waals surface area contributed by atoms with Gasteiger partial charge in [-0.05, 0) is 43.3 Å². The van der Waals surface area contributed by atoms with Crippen molar-refractivity contribution in [3.63, 3.8) is 0 Å². The van der Waals surface area contributed by atoms with E-state index >= 15 is 0 Å². The predicted octanol–water partition coefficient (Wildman–Crippen LogP) is 5.53. The van der Waals surface area contributed by atoms with Crippen LogP contribution < -0.4 is 0 Å². The van der Waals surface area contributed by atoms with E-state index in [1.54, 1.807) is 23.9 Å². The van der Waals surface area contributed by atoms with Crippen LogP contribution in [0.4, 0.5) is 0 Å². The third-order valence-corrected chi connectivity index (χ3v) is 5.20. The topological polar surface area (TPSA) is 17.1 Å². The van der Waals surface area contributed by atoms with Crippen LogP contribution in [-0.2, 0) is 0 Å². The Morgan fingerprint density at radius 1 is 1.28 bits per heavy atom. The van der Waals surface area contributed by atoms with Gasteiger partial charge in [-0.3, -0.25) is 4.79 Å². The van der Waals surface area contributed by atoms with E-state index in [4.69, 9.17) is 11.6 Å². The fourth-order valence-corrected chi connectivity index (χ4v) is 3.76. The number of carbonyl (C=O) groups is 1. The summed E-state index contributed by atoms with van der Waals surface area (Å²) in [5, 5.41) is -0.110. The van der Waals surface area contributed by atoms with E-state index in [1.807, 2.05) is 31.2 Å². The molecule has 0 aliphatic rings. The van der Waals surface area contributed by atoms with Crippen LogP contribution in [0.3, 0.4) is 0 Å². The summed E-state index contributed by atoms with van der Waals surface area (Å²) in [5.41, 5.74) is 0. The van der Waals surface area contributed by atoms with Gasteiger partial charge in [0.2, 0.25) is 0 Å². The van der Waals surface area contributed by atoms with Gasteiger partial charge in [-0.25, -0.2) is 0 Å². The van der Waals surface area contributed by atoms with Gasteiger partial charge < -0.3 is 0 Å². The van der Waals surface area contributed by atoms with Crippen LogP contribution in [0.5, 0.6) is 0 Å². The van der Waals surface area contributed by atoms with E-state index in [0.717, 1.165) is 14.2 Å². The van der Waals surface area contributed by atoms with Gasteiger partial charge in [0.1, 0.15) is 0 Å². The molecule has 1 aromatic carbocycles. The van der Waals surface area contributed by atoms with Crippen LogP contribution in [0, 0.1) is 0 Å². The van der Waals surface area contributed by atoms with Gasteiger partial charge in [0.05, 0.1) is 14.5 Å². The fourth-order valence-electron chi connectivity index (χ4n) is 1.42. The van der Waals surface area contributed by atoms with E-state index in [1.165, 1.54) is 11.3 Å². The maximum absolute atomic E-state index is 12.2. The van der Waals surface area contributed by atoms with Crippen LogP contribution >= 0.6 is 50.6 Å². The highest BCUT2D eigenvalue weighted by molar-refractivity contribution is 9.10. The molecule has 1 atom stereocenters. The standard InChI is InChI=1S/C13H10BrClOS2/c1-8(13(16)11-6-7-12(15)18-11)17-10-4-2-9(14)3-5-10/h2-8H,1H3. The summed E-state index contributed by atoms with van der Waals surface area (Å²) >= 11 is 12.1. The summed E-state index contributed by atoms with van der Waals surface area (Å²) in [7, 11) is 0. The number of thioether (sulfide) groups is 1. The lowest BCUT2D eigenvalue weighted by Gasteiger charge is -2.08. The first-order valence-electron chi connectivity index (χ1n) is 5.28. The highest BCUT2D eigenvalue weighted by Gasteiger charge is 2.18. The first kappa shape index (κ1) is 14.1. The molecule has 2 aromatic rings. The summed E-state index contributed by atoms with van der Waals surface area (Å²) in [6, 6.07) is 11.5. The third-order valence-electron chi connectivity index (χ3n) is 2.31. The average molecular weight is 362 g/mol. The van der Waals surface area contributed by atoms with E-state index in [9.17, 15) is 4.79 Å². The van der Waals surface area contributed by atoms with E-state index in [0.29, 0.717) is 4.34 Å². The lowest BCUT2D eigenvalue weighted by molar-refractivity contribution is 0.0998. The molecule has 0 radical (unpaired) electrons. The van der Waals surface area contributed by atoms with Crippen molar-refractivity contribution in [2.24, 2.45) is 0 Å². The molecule has 18 heavy (non-hydrogen) atoms. The number of benzene rings is 1. The molecular formula is C13H10BrClOS2. The molecular weight excluding hydrogens is 352 g/mol. The van der Waals surface area contributed by atoms with Gasteiger partial charge in [-0.2, -0.15) is 0 Å². The fraction of sp³-hybridized carbons (Fsp3) is 0.154. The van der Waals surface area contributed by atoms with Crippen LogP contribution in [0.15, 0.2) is 45.8 Å². The lowest BCUT2D eigenvalue weighted by atomic mass is 10.2. The van der Waals surface area contributed by atoms with Crippen molar-refractivity contribution < 1.29 is 4.79 Å². The zero-order valence-electron chi connectivity index (χ0n) is 9.52. The molecule has 2 rings (SSSR count). The normalized spacial score (nSPS) is 12.4. The van der Waals surface area contributed by atoms with Crippen LogP contribution in [0.1, 0.15) is 16.6 Å². The van der Waals surface area contributed by atoms with Crippen LogP contribution in [0.2, 0.25) is 4.34 Å². The monoisotopic (exact) mass is 360 g/mol. The molecule has 0 aliphatic heterocycles. The van der Waals surface area contributed by atoms with Gasteiger partial charge in [0.15, 0.2) is 5.78 Å². The molecule has 0 amide bonds. The summed E-state index contributed by atoms with van der Waals surface area (Å²) < 4.78 is 1.69. The van der Waals surface area contributed by atoms with E-state index < -0.39 is 0 Å². The zero-order chi connectivity index (χ0) is 13.1. The van der Waals surface area contributed by atoms with Crippen molar-refractivity contribution in [1.82, 2.24) is 0 Å². The summed E-state index contributed by atoms with van der Waals surface area (Å²) in [4.78, 5) is 14.0. The molecule has 0 aliphatic carbocycles. The second-order valence-corrected chi connectivity index (χ2v) is 7.73. The Kier molecular flexibility index (Phi) is 4.90. The molecule has 94 valence electrons. The number of thiophene rings is 1. The number of rotatable bonds is 4. The summed E-state index contributed by atoms with van der Waals surface area (Å²) in [5.74, 6) is 0.125. The number of ketones is 1. The minimum Gasteiger partial charge on any atom is -0.292 e. The molecule has 1 aromatic heterocycles. The zero-order valence-corrected chi connectivity index (χ0v) is 13.5. The van der Waals surface area contributed by atoms with Crippen LogP contribution in [-0.4, -0.2) is 11.0 Å². The minimum absolute atomic E-state index is 0.110. The summed E-state index contributed by atoms with van der Waals surface area (Å²) in [6.07, 6.45) is 0. The minimum atomic E-state index is -0.110. The average Bonchev–Trinajstić information content (AvgIpc) is 2.78. The van der Waals surface area contributed by atoms with Crippen molar-refractivity contribution in [2.75, 3.05) is 0 Å². The Morgan fingerprint density at radius 2 is 1.94 bits per heavy atom. The molecule has 1 heterocycles. The van der Waals surface area contributed by atoms with Gasteiger partial charge in [0.25, 0.3) is 0 Å². The Hall–Kier alpha value is -0.290. The first-order chi connectivity index (χ1) is 8.56. The van der Waals surface area contributed by atoms with Crippen molar-refractivity contribution in [3.8, 4) is 0 Å². The molecule has 5 heteroatoms. The summed E-state index contributed by atoms with van der Waals surface area (Å²) in [6.45, 7) is 1.92. The predicted molar refractivity (Wildman–Crippen MR) is 83.1 cm³/mol. The van der Waals surface area contributed by atoms with Gasteiger partial charge in [0, 0.05) is 9.37 Å². The highest BCUT2D eigenvalue weighted by atomic mass is 79.9. The first-order valence-corrected chi connectivity index (χ1v) is 8.15. The molecule has 0 fully saturated rings. The molecule has 0 N–H and O–H groups in total. The van der Waals surface area contributed by atoms with Crippen LogP contribution in [0.25, 0.3) is 0 Å². The number of hydrogen-bond acceptors (Lipinski definition) is 3. The maximum Gasteiger partial charge on any atom is 0.185 e. The quantitative estimate of drug-likeness (QED) is 0.526. The van der Waals surface area contributed by atoms with E-state index in [-0.39, 0.29) is 11.0 Å². The third kappa shape index (κ3) is 3.60. The Bertz CT molecular complexity index is 550. The second kappa shape index (κ2) is 6.24. The highest BCUT2D eigenvalue weighted by Crippen LogP contribution is 2.29. The van der Waals surface area contributed by atoms with Crippen molar-refractivity contribution >= 4 is 56.4 Å². The number of hydrogen-bond donors (Lipinski definition) is 0. The number of halogens is 2. The molecule has 0 saturated carbocycles. The van der Waals surface area contributed by atoms with Gasteiger partial charge >= 0.3 is 0 Å². The maximum atomic E-state index is 12.2. The molecule has 0 bridgehead atoms. The smallest absolute Gasteiger partial charge is 0.185 e. The van der Waals surface area contributed by atoms with E-state index in [2.05, 4.69) is 15.9 Å². The van der Waals surface area contributed by atoms with Crippen molar-refractivity contribution in [3.05, 3.63) is 50.1 Å². The molecule has 1 unspecified atom stereocenters.